The predicted molar refractivity (Wildman–Crippen MR) is 85.2 cm³/mol. The fourth-order valence-corrected chi connectivity index (χ4v) is 2.56. The Morgan fingerprint density at radius 1 is 1.10 bits per heavy atom. The predicted octanol–water partition coefficient (Wildman–Crippen LogP) is 4.56. The largest absolute Gasteiger partial charge is 0.478 e. The number of hydrogen-bond acceptors (Lipinski definition) is 4. The summed E-state index contributed by atoms with van der Waals surface area (Å²) in [6, 6.07) is 8.90. The van der Waals surface area contributed by atoms with Gasteiger partial charge in [0.05, 0.1) is 21.9 Å². The van der Waals surface area contributed by atoms with Crippen LogP contribution in [0.1, 0.15) is 10.4 Å². The molecular formula is C13H8Br2N2O4. The van der Waals surface area contributed by atoms with Gasteiger partial charge in [-0.2, -0.15) is 0 Å². The molecule has 0 amide bonds. The van der Waals surface area contributed by atoms with Gasteiger partial charge in [-0.1, -0.05) is 0 Å². The van der Waals surface area contributed by atoms with E-state index < -0.39 is 10.9 Å². The topological polar surface area (TPSA) is 92.5 Å². The number of non-ortho nitro benzene ring substituents is 1. The number of nitrogens with zero attached hydrogens (tertiary/aromatic N) is 1. The molecule has 0 saturated heterocycles. The Hall–Kier alpha value is -1.93. The highest BCUT2D eigenvalue weighted by Gasteiger charge is 2.11. The average Bonchev–Trinajstić information content (AvgIpc) is 2.42. The van der Waals surface area contributed by atoms with Crippen LogP contribution in [0.2, 0.25) is 0 Å². The highest BCUT2D eigenvalue weighted by molar-refractivity contribution is 9.11. The van der Waals surface area contributed by atoms with Crippen LogP contribution in [0.3, 0.4) is 0 Å². The van der Waals surface area contributed by atoms with Gasteiger partial charge in [0.25, 0.3) is 5.69 Å². The standard InChI is InChI=1S/C13H8Br2N2O4/c14-9-5-7(13(18)19)1-3-11(9)16-12-4-2-8(17(20)21)6-10(12)15/h1-6,16H,(H,18,19). The van der Waals surface area contributed by atoms with Crippen molar-refractivity contribution >= 4 is 54.9 Å². The summed E-state index contributed by atoms with van der Waals surface area (Å²) in [4.78, 5) is 21.1. The third-order valence-electron chi connectivity index (χ3n) is 2.65. The van der Waals surface area contributed by atoms with E-state index in [4.69, 9.17) is 5.11 Å². The van der Waals surface area contributed by atoms with Crippen molar-refractivity contribution < 1.29 is 14.8 Å². The first-order valence-corrected chi connectivity index (χ1v) is 7.21. The van der Waals surface area contributed by atoms with Crippen LogP contribution in [0, 0.1) is 10.1 Å². The second kappa shape index (κ2) is 6.23. The van der Waals surface area contributed by atoms with Crippen LogP contribution in [0.15, 0.2) is 45.3 Å². The molecule has 0 atom stereocenters. The molecule has 2 N–H and O–H groups in total. The van der Waals surface area contributed by atoms with Gasteiger partial charge in [-0.05, 0) is 56.1 Å². The lowest BCUT2D eigenvalue weighted by Crippen LogP contribution is -1.98. The minimum Gasteiger partial charge on any atom is -0.478 e. The lowest BCUT2D eigenvalue weighted by atomic mass is 10.2. The SMILES string of the molecule is O=C(O)c1ccc(Nc2ccc([N+](=O)[O-])cc2Br)c(Br)c1. The van der Waals surface area contributed by atoms with E-state index in [9.17, 15) is 14.9 Å². The van der Waals surface area contributed by atoms with Gasteiger partial charge in [-0.15, -0.1) is 0 Å². The Bertz CT molecular complexity index is 673. The Labute approximate surface area is 136 Å². The van der Waals surface area contributed by atoms with Gasteiger partial charge in [0.1, 0.15) is 0 Å². The van der Waals surface area contributed by atoms with Crippen LogP contribution in [-0.4, -0.2) is 16.0 Å². The number of carboxylic acids is 1. The number of benzene rings is 2. The van der Waals surface area contributed by atoms with E-state index >= 15 is 0 Å². The van der Waals surface area contributed by atoms with Gasteiger partial charge in [-0.25, -0.2) is 4.79 Å². The molecule has 0 bridgehead atoms. The van der Waals surface area contributed by atoms with Crippen molar-refractivity contribution in [2.24, 2.45) is 0 Å². The molecule has 0 aliphatic rings. The number of rotatable bonds is 4. The minimum atomic E-state index is -1.02. The van der Waals surface area contributed by atoms with Gasteiger partial charge in [-0.3, -0.25) is 10.1 Å². The first-order valence-electron chi connectivity index (χ1n) is 5.62. The molecule has 2 rings (SSSR count). The number of carbonyl (C=O) groups is 1. The van der Waals surface area contributed by atoms with Crippen molar-refractivity contribution in [2.75, 3.05) is 5.32 Å². The number of halogens is 2. The van der Waals surface area contributed by atoms with Crippen LogP contribution < -0.4 is 5.32 Å². The van der Waals surface area contributed by atoms with Crippen molar-refractivity contribution in [2.45, 2.75) is 0 Å². The average molecular weight is 416 g/mol. The zero-order valence-corrected chi connectivity index (χ0v) is 13.5. The van der Waals surface area contributed by atoms with Crippen LogP contribution in [0.25, 0.3) is 0 Å². The third kappa shape index (κ3) is 3.59. The molecule has 108 valence electrons. The normalized spacial score (nSPS) is 10.2. The van der Waals surface area contributed by atoms with E-state index in [2.05, 4.69) is 37.2 Å². The van der Waals surface area contributed by atoms with Gasteiger partial charge in [0, 0.05) is 21.1 Å². The first kappa shape index (κ1) is 15.5. The number of nitrogens with one attached hydrogen (secondary N) is 1. The van der Waals surface area contributed by atoms with Crippen molar-refractivity contribution in [1.29, 1.82) is 0 Å². The van der Waals surface area contributed by atoms with Crippen molar-refractivity contribution in [3.8, 4) is 0 Å². The zero-order valence-electron chi connectivity index (χ0n) is 10.3. The van der Waals surface area contributed by atoms with Crippen LogP contribution in [0.4, 0.5) is 17.1 Å². The van der Waals surface area contributed by atoms with Crippen molar-refractivity contribution in [1.82, 2.24) is 0 Å². The molecule has 0 spiro atoms. The zero-order chi connectivity index (χ0) is 15.6. The van der Waals surface area contributed by atoms with E-state index in [-0.39, 0.29) is 11.3 Å². The lowest BCUT2D eigenvalue weighted by molar-refractivity contribution is -0.384. The third-order valence-corrected chi connectivity index (χ3v) is 3.96. The summed E-state index contributed by atoms with van der Waals surface area (Å²) in [5.41, 5.74) is 1.42. The van der Waals surface area contributed by atoms with Crippen LogP contribution in [-0.2, 0) is 0 Å². The smallest absolute Gasteiger partial charge is 0.335 e. The quantitative estimate of drug-likeness (QED) is 0.563. The summed E-state index contributed by atoms with van der Waals surface area (Å²) in [6.07, 6.45) is 0. The van der Waals surface area contributed by atoms with Crippen LogP contribution >= 0.6 is 31.9 Å². The van der Waals surface area contributed by atoms with E-state index in [1.54, 1.807) is 12.1 Å². The molecule has 8 heteroatoms. The molecule has 0 aliphatic carbocycles. The second-order valence-corrected chi connectivity index (χ2v) is 5.75. The molecule has 0 aromatic heterocycles. The maximum Gasteiger partial charge on any atom is 0.335 e. The van der Waals surface area contributed by atoms with E-state index in [1.165, 1.54) is 24.3 Å². The first-order chi connectivity index (χ1) is 9.88. The summed E-state index contributed by atoms with van der Waals surface area (Å²) >= 11 is 6.54. The molecule has 6 nitrogen and oxygen atoms in total. The maximum atomic E-state index is 10.9. The molecule has 21 heavy (non-hydrogen) atoms. The number of aromatic carboxylic acids is 1. The lowest BCUT2D eigenvalue weighted by Gasteiger charge is -2.11. The Kier molecular flexibility index (Phi) is 4.59. The molecule has 0 saturated carbocycles. The van der Waals surface area contributed by atoms with Crippen LogP contribution in [0.5, 0.6) is 0 Å². The van der Waals surface area contributed by atoms with E-state index in [1.807, 2.05) is 0 Å². The highest BCUT2D eigenvalue weighted by Crippen LogP contribution is 2.32. The summed E-state index contributed by atoms with van der Waals surface area (Å²) in [5.74, 6) is -1.02. The molecule has 0 aliphatic heterocycles. The summed E-state index contributed by atoms with van der Waals surface area (Å²) in [5, 5.41) is 22.6. The van der Waals surface area contributed by atoms with E-state index in [0.717, 1.165) is 0 Å². The van der Waals surface area contributed by atoms with Crippen molar-refractivity contribution in [3.05, 3.63) is 61.0 Å². The summed E-state index contributed by atoms with van der Waals surface area (Å²) in [7, 11) is 0. The minimum absolute atomic E-state index is 0.0206. The highest BCUT2D eigenvalue weighted by atomic mass is 79.9. The fourth-order valence-electron chi connectivity index (χ4n) is 1.61. The number of nitro benzene ring substituents is 1. The number of anilines is 2. The van der Waals surface area contributed by atoms with Gasteiger partial charge in [0.15, 0.2) is 0 Å². The van der Waals surface area contributed by atoms with Gasteiger partial charge in [0.2, 0.25) is 0 Å². The second-order valence-electron chi connectivity index (χ2n) is 4.05. The molecule has 2 aromatic carbocycles. The van der Waals surface area contributed by atoms with Crippen molar-refractivity contribution in [3.63, 3.8) is 0 Å². The number of hydrogen-bond donors (Lipinski definition) is 2. The van der Waals surface area contributed by atoms with Gasteiger partial charge < -0.3 is 10.4 Å². The Balaban J connectivity index is 2.30. The molecule has 2 aromatic rings. The fraction of sp³-hybridized carbons (Fsp3) is 0. The molecule has 0 fully saturated rings. The summed E-state index contributed by atoms with van der Waals surface area (Å²) < 4.78 is 1.11. The molecule has 0 unspecified atom stereocenters. The number of nitro groups is 1. The Morgan fingerprint density at radius 2 is 1.67 bits per heavy atom. The van der Waals surface area contributed by atoms with E-state index in [0.29, 0.717) is 20.3 Å². The van der Waals surface area contributed by atoms with Gasteiger partial charge >= 0.3 is 5.97 Å². The molecular weight excluding hydrogens is 408 g/mol. The summed E-state index contributed by atoms with van der Waals surface area (Å²) in [6.45, 7) is 0. The monoisotopic (exact) mass is 414 g/mol. The molecule has 0 radical (unpaired) electrons. The maximum absolute atomic E-state index is 10.9. The Morgan fingerprint density at radius 3 is 2.14 bits per heavy atom. The number of carboxylic acid groups (broad SMARTS) is 1. The molecule has 0 heterocycles.